The zero-order valence-electron chi connectivity index (χ0n) is 8.80. The highest BCUT2D eigenvalue weighted by atomic mass is 16.5. The third-order valence-electron chi connectivity index (χ3n) is 2.18. The first-order valence-corrected chi connectivity index (χ1v) is 4.89. The van der Waals surface area contributed by atoms with Crippen molar-refractivity contribution in [2.75, 3.05) is 12.3 Å². The Labute approximate surface area is 92.3 Å². The van der Waals surface area contributed by atoms with Crippen LogP contribution in [-0.4, -0.2) is 22.5 Å². The molecule has 0 saturated carbocycles. The van der Waals surface area contributed by atoms with Crippen molar-refractivity contribution < 1.29 is 9.53 Å². The van der Waals surface area contributed by atoms with Crippen LogP contribution in [0.25, 0.3) is 10.9 Å². The highest BCUT2D eigenvalue weighted by Crippen LogP contribution is 2.18. The van der Waals surface area contributed by atoms with Gasteiger partial charge in [-0.2, -0.15) is 0 Å². The van der Waals surface area contributed by atoms with Crippen LogP contribution in [0, 0.1) is 0 Å². The lowest BCUT2D eigenvalue weighted by molar-refractivity contribution is 0.0526. The number of rotatable bonds is 2. The summed E-state index contributed by atoms with van der Waals surface area (Å²) in [6.07, 6.45) is 1.37. The molecule has 0 aliphatic rings. The van der Waals surface area contributed by atoms with E-state index in [1.54, 1.807) is 25.1 Å². The summed E-state index contributed by atoms with van der Waals surface area (Å²) in [6.45, 7) is 2.11. The molecule has 0 amide bonds. The Bertz CT molecular complexity index is 540. The molecule has 1 aromatic carbocycles. The molecule has 1 aromatic heterocycles. The molecule has 0 aliphatic heterocycles. The van der Waals surface area contributed by atoms with Gasteiger partial charge in [-0.15, -0.1) is 0 Å². The number of hydrogen-bond donors (Lipinski definition) is 1. The highest BCUT2D eigenvalue weighted by molar-refractivity contribution is 5.96. The van der Waals surface area contributed by atoms with E-state index in [1.165, 1.54) is 6.33 Å². The predicted octanol–water partition coefficient (Wildman–Crippen LogP) is 1.39. The molecular formula is C11H11N3O2. The van der Waals surface area contributed by atoms with Gasteiger partial charge < -0.3 is 10.5 Å². The van der Waals surface area contributed by atoms with Crippen molar-refractivity contribution in [2.24, 2.45) is 0 Å². The highest BCUT2D eigenvalue weighted by Gasteiger charge is 2.08. The summed E-state index contributed by atoms with van der Waals surface area (Å²) in [4.78, 5) is 19.4. The molecule has 2 rings (SSSR count). The Morgan fingerprint density at radius 1 is 1.44 bits per heavy atom. The fourth-order valence-corrected chi connectivity index (χ4v) is 1.42. The van der Waals surface area contributed by atoms with E-state index in [0.717, 1.165) is 5.39 Å². The molecule has 0 aliphatic carbocycles. The van der Waals surface area contributed by atoms with E-state index in [1.807, 2.05) is 0 Å². The van der Waals surface area contributed by atoms with Gasteiger partial charge in [0.25, 0.3) is 0 Å². The number of carbonyl (C=O) groups excluding carboxylic acids is 1. The van der Waals surface area contributed by atoms with Crippen LogP contribution in [0.2, 0.25) is 0 Å². The molecule has 5 heteroatoms. The first-order chi connectivity index (χ1) is 7.72. The van der Waals surface area contributed by atoms with Gasteiger partial charge in [0.2, 0.25) is 0 Å². The third-order valence-corrected chi connectivity index (χ3v) is 2.18. The summed E-state index contributed by atoms with van der Waals surface area (Å²) in [5, 5.41) is 0.732. The second-order valence-electron chi connectivity index (χ2n) is 3.21. The number of benzene rings is 1. The lowest BCUT2D eigenvalue weighted by atomic mass is 10.1. The van der Waals surface area contributed by atoms with E-state index in [9.17, 15) is 4.79 Å². The summed E-state index contributed by atoms with van der Waals surface area (Å²) in [6, 6.07) is 5.02. The van der Waals surface area contributed by atoms with E-state index < -0.39 is 0 Å². The van der Waals surface area contributed by atoms with E-state index in [-0.39, 0.29) is 5.97 Å². The van der Waals surface area contributed by atoms with Crippen molar-refractivity contribution in [3.63, 3.8) is 0 Å². The first-order valence-electron chi connectivity index (χ1n) is 4.89. The second-order valence-corrected chi connectivity index (χ2v) is 3.21. The van der Waals surface area contributed by atoms with Gasteiger partial charge in [0.05, 0.1) is 17.7 Å². The molecule has 0 spiro atoms. The molecule has 5 nitrogen and oxygen atoms in total. The first kappa shape index (κ1) is 10.4. The summed E-state index contributed by atoms with van der Waals surface area (Å²) in [5.41, 5.74) is 6.78. The average molecular weight is 217 g/mol. The number of aromatic nitrogens is 2. The normalized spacial score (nSPS) is 10.3. The van der Waals surface area contributed by atoms with Crippen molar-refractivity contribution in [3.05, 3.63) is 30.1 Å². The third kappa shape index (κ3) is 1.79. The predicted molar refractivity (Wildman–Crippen MR) is 59.9 cm³/mol. The van der Waals surface area contributed by atoms with Gasteiger partial charge in [0.15, 0.2) is 0 Å². The Morgan fingerprint density at radius 3 is 3.00 bits per heavy atom. The smallest absolute Gasteiger partial charge is 0.338 e. The molecule has 2 aromatic rings. The van der Waals surface area contributed by atoms with E-state index in [2.05, 4.69) is 9.97 Å². The fraction of sp³-hybridized carbons (Fsp3) is 0.182. The van der Waals surface area contributed by atoms with Crippen LogP contribution < -0.4 is 5.73 Å². The molecule has 0 fully saturated rings. The van der Waals surface area contributed by atoms with Gasteiger partial charge in [-0.25, -0.2) is 14.8 Å². The number of anilines is 1. The van der Waals surface area contributed by atoms with Gasteiger partial charge in [-0.3, -0.25) is 0 Å². The van der Waals surface area contributed by atoms with Crippen LogP contribution in [0.5, 0.6) is 0 Å². The molecule has 1 heterocycles. The second kappa shape index (κ2) is 4.14. The number of nitrogen functional groups attached to an aromatic ring is 1. The number of fused-ring (bicyclic) bond motifs is 1. The maximum Gasteiger partial charge on any atom is 0.338 e. The van der Waals surface area contributed by atoms with Crippen LogP contribution in [-0.2, 0) is 4.74 Å². The Kier molecular flexibility index (Phi) is 2.68. The topological polar surface area (TPSA) is 78.1 Å². The summed E-state index contributed by atoms with van der Waals surface area (Å²) in [5.74, 6) is 0.0435. The number of esters is 1. The van der Waals surface area contributed by atoms with Crippen molar-refractivity contribution in [3.8, 4) is 0 Å². The number of hydrogen-bond acceptors (Lipinski definition) is 5. The minimum atomic E-state index is -0.360. The van der Waals surface area contributed by atoms with Crippen molar-refractivity contribution >= 4 is 22.7 Å². The Morgan fingerprint density at radius 2 is 2.25 bits per heavy atom. The van der Waals surface area contributed by atoms with E-state index >= 15 is 0 Å². The van der Waals surface area contributed by atoms with E-state index in [0.29, 0.717) is 23.5 Å². The number of ether oxygens (including phenoxy) is 1. The maximum absolute atomic E-state index is 11.5. The molecule has 16 heavy (non-hydrogen) atoms. The van der Waals surface area contributed by atoms with Crippen LogP contribution in [0.15, 0.2) is 24.5 Å². The van der Waals surface area contributed by atoms with Gasteiger partial charge in [0.1, 0.15) is 12.1 Å². The lowest BCUT2D eigenvalue weighted by Gasteiger charge is -2.03. The monoisotopic (exact) mass is 217 g/mol. The summed E-state index contributed by atoms with van der Waals surface area (Å²) < 4.78 is 4.89. The SMILES string of the molecule is CCOC(=O)c1ccc2c(N)ncnc2c1. The largest absolute Gasteiger partial charge is 0.462 e. The average Bonchev–Trinajstić information content (AvgIpc) is 2.29. The minimum Gasteiger partial charge on any atom is -0.462 e. The Balaban J connectivity index is 2.48. The van der Waals surface area contributed by atoms with Gasteiger partial charge in [-0.05, 0) is 25.1 Å². The zero-order valence-corrected chi connectivity index (χ0v) is 8.80. The molecular weight excluding hydrogens is 206 g/mol. The minimum absolute atomic E-state index is 0.350. The van der Waals surface area contributed by atoms with Crippen LogP contribution >= 0.6 is 0 Å². The number of nitrogens with zero attached hydrogens (tertiary/aromatic N) is 2. The fourth-order valence-electron chi connectivity index (χ4n) is 1.42. The van der Waals surface area contributed by atoms with E-state index in [4.69, 9.17) is 10.5 Å². The standard InChI is InChI=1S/C11H11N3O2/c1-2-16-11(15)7-3-4-8-9(5-7)13-6-14-10(8)12/h3-6H,2H2,1H3,(H2,12,13,14). The molecule has 82 valence electrons. The van der Waals surface area contributed by atoms with Gasteiger partial charge >= 0.3 is 5.97 Å². The quantitative estimate of drug-likeness (QED) is 0.769. The van der Waals surface area contributed by atoms with Gasteiger partial charge in [0, 0.05) is 5.39 Å². The lowest BCUT2D eigenvalue weighted by Crippen LogP contribution is -2.04. The van der Waals surface area contributed by atoms with Crippen LogP contribution in [0.3, 0.4) is 0 Å². The van der Waals surface area contributed by atoms with Crippen molar-refractivity contribution in [2.45, 2.75) is 6.92 Å². The van der Waals surface area contributed by atoms with Crippen LogP contribution in [0.1, 0.15) is 17.3 Å². The molecule has 0 unspecified atom stereocenters. The molecule has 0 atom stereocenters. The number of carbonyl (C=O) groups is 1. The molecule has 0 radical (unpaired) electrons. The van der Waals surface area contributed by atoms with Crippen molar-refractivity contribution in [1.29, 1.82) is 0 Å². The molecule has 0 saturated heterocycles. The maximum atomic E-state index is 11.5. The Hall–Kier alpha value is -2.17. The molecule has 2 N–H and O–H groups in total. The van der Waals surface area contributed by atoms with Crippen molar-refractivity contribution in [1.82, 2.24) is 9.97 Å². The van der Waals surface area contributed by atoms with Crippen LogP contribution in [0.4, 0.5) is 5.82 Å². The summed E-state index contributed by atoms with van der Waals surface area (Å²) in [7, 11) is 0. The summed E-state index contributed by atoms with van der Waals surface area (Å²) >= 11 is 0. The molecule has 0 bridgehead atoms. The zero-order chi connectivity index (χ0) is 11.5. The van der Waals surface area contributed by atoms with Gasteiger partial charge in [-0.1, -0.05) is 0 Å². The number of nitrogens with two attached hydrogens (primary N) is 1.